The van der Waals surface area contributed by atoms with E-state index >= 15 is 0 Å². The molecule has 4 heteroatoms. The number of carbonyl (C=O) groups excluding carboxylic acids is 1. The molecule has 0 amide bonds. The lowest BCUT2D eigenvalue weighted by molar-refractivity contribution is 0.0601. The molecule has 0 fully saturated rings. The van der Waals surface area contributed by atoms with Crippen LogP contribution in [0, 0.1) is 6.92 Å². The zero-order chi connectivity index (χ0) is 11.5. The maximum atomic E-state index is 11.2. The summed E-state index contributed by atoms with van der Waals surface area (Å²) in [5, 5.41) is 0. The first-order chi connectivity index (χ1) is 7.70. The Balaban J connectivity index is 2.29. The molecule has 0 spiro atoms. The van der Waals surface area contributed by atoms with E-state index in [1.54, 1.807) is 30.5 Å². The summed E-state index contributed by atoms with van der Waals surface area (Å²) in [4.78, 5) is 15.4. The maximum absolute atomic E-state index is 11.2. The summed E-state index contributed by atoms with van der Waals surface area (Å²) >= 11 is 0. The van der Waals surface area contributed by atoms with Crippen LogP contribution in [0.3, 0.4) is 0 Å². The van der Waals surface area contributed by atoms with Gasteiger partial charge in [0.1, 0.15) is 6.26 Å². The number of aryl methyl sites for hydroxylation is 1. The van der Waals surface area contributed by atoms with E-state index < -0.39 is 0 Å². The number of hydrogen-bond donors (Lipinski definition) is 0. The Hall–Kier alpha value is -2.10. The molecule has 0 radical (unpaired) electrons. The van der Waals surface area contributed by atoms with Gasteiger partial charge in [0.2, 0.25) is 5.89 Å². The van der Waals surface area contributed by atoms with E-state index in [0.29, 0.717) is 11.5 Å². The van der Waals surface area contributed by atoms with E-state index in [9.17, 15) is 4.79 Å². The second-order valence-electron chi connectivity index (χ2n) is 3.36. The zero-order valence-electron chi connectivity index (χ0n) is 9.06. The van der Waals surface area contributed by atoms with Crippen LogP contribution in [-0.2, 0) is 4.74 Å². The molecule has 0 N–H and O–H groups in total. The lowest BCUT2D eigenvalue weighted by Gasteiger charge is -1.99. The molecule has 0 saturated heterocycles. The summed E-state index contributed by atoms with van der Waals surface area (Å²) in [6, 6.07) is 6.91. The lowest BCUT2D eigenvalue weighted by Crippen LogP contribution is -2.00. The van der Waals surface area contributed by atoms with E-state index in [1.807, 2.05) is 6.92 Å². The number of aromatic nitrogens is 1. The number of esters is 1. The molecule has 1 heterocycles. The third-order valence-corrected chi connectivity index (χ3v) is 2.17. The first kappa shape index (κ1) is 10.4. The molecule has 0 aliphatic carbocycles. The largest absolute Gasteiger partial charge is 0.465 e. The van der Waals surface area contributed by atoms with Crippen molar-refractivity contribution in [2.45, 2.75) is 6.92 Å². The van der Waals surface area contributed by atoms with Crippen molar-refractivity contribution in [2.24, 2.45) is 0 Å². The van der Waals surface area contributed by atoms with Gasteiger partial charge in [0.05, 0.1) is 18.4 Å². The SMILES string of the molecule is COC(=O)c1ccc(-c2nc(C)co2)cc1. The van der Waals surface area contributed by atoms with Crippen molar-refractivity contribution in [3.05, 3.63) is 41.8 Å². The van der Waals surface area contributed by atoms with E-state index in [1.165, 1.54) is 7.11 Å². The molecule has 0 aliphatic heterocycles. The monoisotopic (exact) mass is 217 g/mol. The molecule has 0 aliphatic rings. The van der Waals surface area contributed by atoms with Crippen LogP contribution >= 0.6 is 0 Å². The highest BCUT2D eigenvalue weighted by molar-refractivity contribution is 5.89. The van der Waals surface area contributed by atoms with E-state index in [0.717, 1.165) is 11.3 Å². The molecule has 16 heavy (non-hydrogen) atoms. The minimum Gasteiger partial charge on any atom is -0.465 e. The van der Waals surface area contributed by atoms with Gasteiger partial charge in [0.25, 0.3) is 0 Å². The summed E-state index contributed by atoms with van der Waals surface area (Å²) in [6.45, 7) is 1.86. The Morgan fingerprint density at radius 3 is 2.50 bits per heavy atom. The fourth-order valence-electron chi connectivity index (χ4n) is 1.35. The van der Waals surface area contributed by atoms with Gasteiger partial charge < -0.3 is 9.15 Å². The quantitative estimate of drug-likeness (QED) is 0.725. The Bertz CT molecular complexity index is 499. The summed E-state index contributed by atoms with van der Waals surface area (Å²) < 4.78 is 9.86. The first-order valence-corrected chi connectivity index (χ1v) is 4.81. The molecular formula is C12H11NO3. The Morgan fingerprint density at radius 2 is 2.00 bits per heavy atom. The Morgan fingerprint density at radius 1 is 1.31 bits per heavy atom. The van der Waals surface area contributed by atoms with Gasteiger partial charge in [-0.2, -0.15) is 0 Å². The van der Waals surface area contributed by atoms with Crippen molar-refractivity contribution in [2.75, 3.05) is 7.11 Å². The third kappa shape index (κ3) is 1.95. The minimum absolute atomic E-state index is 0.352. The van der Waals surface area contributed by atoms with Crippen LogP contribution in [0.15, 0.2) is 34.9 Å². The standard InChI is InChI=1S/C12H11NO3/c1-8-7-16-11(13-8)9-3-5-10(6-4-9)12(14)15-2/h3-7H,1-2H3. The summed E-state index contributed by atoms with van der Waals surface area (Å²) in [7, 11) is 1.35. The van der Waals surface area contributed by atoms with Gasteiger partial charge in [0.15, 0.2) is 0 Å². The normalized spacial score (nSPS) is 10.1. The molecule has 4 nitrogen and oxygen atoms in total. The molecular weight excluding hydrogens is 206 g/mol. The third-order valence-electron chi connectivity index (χ3n) is 2.17. The van der Waals surface area contributed by atoms with Gasteiger partial charge in [-0.15, -0.1) is 0 Å². The lowest BCUT2D eigenvalue weighted by atomic mass is 10.1. The average Bonchev–Trinajstić information content (AvgIpc) is 2.75. The van der Waals surface area contributed by atoms with Gasteiger partial charge in [-0.25, -0.2) is 9.78 Å². The average molecular weight is 217 g/mol. The highest BCUT2D eigenvalue weighted by Crippen LogP contribution is 2.19. The molecule has 0 unspecified atom stereocenters. The molecule has 82 valence electrons. The summed E-state index contributed by atoms with van der Waals surface area (Å²) in [5.74, 6) is 0.198. The molecule has 1 aromatic carbocycles. The van der Waals surface area contributed by atoms with Crippen LogP contribution in [0.25, 0.3) is 11.5 Å². The number of rotatable bonds is 2. The number of methoxy groups -OCH3 is 1. The number of ether oxygens (including phenoxy) is 1. The first-order valence-electron chi connectivity index (χ1n) is 4.81. The topological polar surface area (TPSA) is 52.3 Å². The van der Waals surface area contributed by atoms with Crippen molar-refractivity contribution < 1.29 is 13.9 Å². The van der Waals surface area contributed by atoms with Gasteiger partial charge in [0, 0.05) is 5.56 Å². The molecule has 2 rings (SSSR count). The van der Waals surface area contributed by atoms with Gasteiger partial charge >= 0.3 is 5.97 Å². The minimum atomic E-state index is -0.352. The molecule has 0 atom stereocenters. The second kappa shape index (κ2) is 4.18. The van der Waals surface area contributed by atoms with Crippen LogP contribution in [0.2, 0.25) is 0 Å². The predicted octanol–water partition coefficient (Wildman–Crippen LogP) is 2.44. The smallest absolute Gasteiger partial charge is 0.337 e. The van der Waals surface area contributed by atoms with E-state index in [4.69, 9.17) is 4.42 Å². The fourth-order valence-corrected chi connectivity index (χ4v) is 1.35. The predicted molar refractivity (Wildman–Crippen MR) is 58.0 cm³/mol. The zero-order valence-corrected chi connectivity index (χ0v) is 9.06. The van der Waals surface area contributed by atoms with Gasteiger partial charge in [-0.05, 0) is 31.2 Å². The number of carbonyl (C=O) groups is 1. The Kier molecular flexibility index (Phi) is 2.72. The van der Waals surface area contributed by atoms with E-state index in [-0.39, 0.29) is 5.97 Å². The van der Waals surface area contributed by atoms with Gasteiger partial charge in [-0.3, -0.25) is 0 Å². The fraction of sp³-hybridized carbons (Fsp3) is 0.167. The number of nitrogens with zero attached hydrogens (tertiary/aromatic N) is 1. The molecule has 0 saturated carbocycles. The number of oxazole rings is 1. The van der Waals surface area contributed by atoms with E-state index in [2.05, 4.69) is 9.72 Å². The Labute approximate surface area is 92.9 Å². The molecule has 2 aromatic rings. The number of benzene rings is 1. The second-order valence-corrected chi connectivity index (χ2v) is 3.36. The number of hydrogen-bond acceptors (Lipinski definition) is 4. The van der Waals surface area contributed by atoms with Gasteiger partial charge in [-0.1, -0.05) is 0 Å². The van der Waals surface area contributed by atoms with Crippen LogP contribution in [-0.4, -0.2) is 18.1 Å². The van der Waals surface area contributed by atoms with Crippen molar-refractivity contribution in [3.63, 3.8) is 0 Å². The van der Waals surface area contributed by atoms with Crippen molar-refractivity contribution in [1.29, 1.82) is 0 Å². The highest BCUT2D eigenvalue weighted by atomic mass is 16.5. The van der Waals surface area contributed by atoms with Crippen molar-refractivity contribution >= 4 is 5.97 Å². The van der Waals surface area contributed by atoms with Crippen LogP contribution in [0.1, 0.15) is 16.1 Å². The van der Waals surface area contributed by atoms with Crippen LogP contribution in [0.4, 0.5) is 0 Å². The summed E-state index contributed by atoms with van der Waals surface area (Å²) in [6.07, 6.45) is 1.59. The molecule has 0 bridgehead atoms. The van der Waals surface area contributed by atoms with Crippen molar-refractivity contribution in [1.82, 2.24) is 4.98 Å². The van der Waals surface area contributed by atoms with Crippen LogP contribution < -0.4 is 0 Å². The van der Waals surface area contributed by atoms with Crippen LogP contribution in [0.5, 0.6) is 0 Å². The van der Waals surface area contributed by atoms with Crippen molar-refractivity contribution in [3.8, 4) is 11.5 Å². The highest BCUT2D eigenvalue weighted by Gasteiger charge is 2.07. The maximum Gasteiger partial charge on any atom is 0.337 e. The molecule has 1 aromatic heterocycles. The summed E-state index contributed by atoms with van der Waals surface area (Å²) in [5.41, 5.74) is 2.17.